The molecule has 4 nitrogen and oxygen atoms in total. The SMILES string of the molecule is Cn1ccnc1C(O)c1ccc2nc(Cl)c(-c3ccccc3Cl)c(Cl)c2c1. The molecule has 4 rings (SSSR count). The Labute approximate surface area is 171 Å². The molecule has 27 heavy (non-hydrogen) atoms. The Morgan fingerprint density at radius 2 is 1.85 bits per heavy atom. The van der Waals surface area contributed by atoms with E-state index in [0.29, 0.717) is 43.5 Å². The number of aromatic nitrogens is 3. The Balaban J connectivity index is 1.91. The lowest BCUT2D eigenvalue weighted by molar-refractivity contribution is 0.206. The van der Waals surface area contributed by atoms with E-state index >= 15 is 0 Å². The summed E-state index contributed by atoms with van der Waals surface area (Å²) < 4.78 is 1.77. The van der Waals surface area contributed by atoms with E-state index in [0.717, 1.165) is 0 Å². The fourth-order valence-corrected chi connectivity index (χ4v) is 3.98. The molecule has 0 spiro atoms. The van der Waals surface area contributed by atoms with Crippen molar-refractivity contribution in [2.45, 2.75) is 6.10 Å². The number of nitrogens with zero attached hydrogens (tertiary/aromatic N) is 3. The number of fused-ring (bicyclic) bond motifs is 1. The minimum absolute atomic E-state index is 0.276. The molecule has 0 aliphatic carbocycles. The van der Waals surface area contributed by atoms with Gasteiger partial charge >= 0.3 is 0 Å². The predicted molar refractivity (Wildman–Crippen MR) is 109 cm³/mol. The standard InChI is InChI=1S/C20H14Cl3N3O/c1-26-9-8-24-20(26)18(27)11-6-7-15-13(10-11)17(22)16(19(23)25-15)12-4-2-3-5-14(12)21/h2-10,18,27H,1H3. The van der Waals surface area contributed by atoms with Crippen LogP contribution in [-0.2, 0) is 7.05 Å². The summed E-state index contributed by atoms with van der Waals surface area (Å²) >= 11 is 19.4. The van der Waals surface area contributed by atoms with Crippen molar-refractivity contribution in [3.63, 3.8) is 0 Å². The van der Waals surface area contributed by atoms with Crippen LogP contribution < -0.4 is 0 Å². The van der Waals surface area contributed by atoms with Gasteiger partial charge in [-0.05, 0) is 23.8 Å². The van der Waals surface area contributed by atoms with Crippen LogP contribution in [0.2, 0.25) is 15.2 Å². The van der Waals surface area contributed by atoms with Crippen LogP contribution >= 0.6 is 34.8 Å². The van der Waals surface area contributed by atoms with Crippen LogP contribution in [-0.4, -0.2) is 19.6 Å². The lowest BCUT2D eigenvalue weighted by Crippen LogP contribution is -2.07. The zero-order valence-electron chi connectivity index (χ0n) is 14.2. The van der Waals surface area contributed by atoms with Crippen molar-refractivity contribution in [3.8, 4) is 11.1 Å². The Morgan fingerprint density at radius 1 is 1.07 bits per heavy atom. The van der Waals surface area contributed by atoms with Crippen LogP contribution in [0.5, 0.6) is 0 Å². The summed E-state index contributed by atoms with van der Waals surface area (Å²) in [4.78, 5) is 8.67. The first-order chi connectivity index (χ1) is 13.0. The van der Waals surface area contributed by atoms with Gasteiger partial charge in [0.1, 0.15) is 17.1 Å². The van der Waals surface area contributed by atoms with E-state index in [-0.39, 0.29) is 5.15 Å². The molecule has 0 aliphatic heterocycles. The second-order valence-corrected chi connectivity index (χ2v) is 7.29. The predicted octanol–water partition coefficient (Wildman–Crippen LogP) is 5.68. The van der Waals surface area contributed by atoms with Gasteiger partial charge in [0.25, 0.3) is 0 Å². The molecule has 1 atom stereocenters. The van der Waals surface area contributed by atoms with Crippen molar-refractivity contribution in [1.29, 1.82) is 0 Å². The van der Waals surface area contributed by atoms with Gasteiger partial charge in [0.05, 0.1) is 10.5 Å². The van der Waals surface area contributed by atoms with Crippen molar-refractivity contribution in [2.24, 2.45) is 7.05 Å². The molecule has 0 amide bonds. The molecular weight excluding hydrogens is 405 g/mol. The number of hydrogen-bond acceptors (Lipinski definition) is 3. The average molecular weight is 419 g/mol. The average Bonchev–Trinajstić information content (AvgIpc) is 3.08. The molecule has 7 heteroatoms. The molecule has 2 aromatic carbocycles. The number of imidazole rings is 1. The van der Waals surface area contributed by atoms with Gasteiger partial charge in [0.15, 0.2) is 0 Å². The molecule has 0 fully saturated rings. The summed E-state index contributed by atoms with van der Waals surface area (Å²) in [5, 5.41) is 12.6. The fraction of sp³-hybridized carbons (Fsp3) is 0.100. The molecule has 136 valence electrons. The Bertz CT molecular complexity index is 1160. The monoisotopic (exact) mass is 417 g/mol. The second kappa shape index (κ2) is 7.13. The van der Waals surface area contributed by atoms with Crippen LogP contribution in [0.25, 0.3) is 22.0 Å². The van der Waals surface area contributed by atoms with Gasteiger partial charge in [0.2, 0.25) is 0 Å². The Hall–Kier alpha value is -2.11. The Kier molecular flexibility index (Phi) is 4.82. The first-order valence-electron chi connectivity index (χ1n) is 8.16. The minimum Gasteiger partial charge on any atom is -0.380 e. The molecule has 0 aliphatic rings. The molecule has 1 N–H and O–H groups in total. The third-order valence-electron chi connectivity index (χ3n) is 4.46. The van der Waals surface area contributed by atoms with E-state index in [1.807, 2.05) is 25.2 Å². The van der Waals surface area contributed by atoms with Gasteiger partial charge in [-0.25, -0.2) is 9.97 Å². The van der Waals surface area contributed by atoms with Gasteiger partial charge in [-0.3, -0.25) is 0 Å². The molecule has 0 bridgehead atoms. The zero-order valence-corrected chi connectivity index (χ0v) is 16.5. The normalized spacial score (nSPS) is 12.5. The van der Waals surface area contributed by atoms with Crippen LogP contribution in [0.3, 0.4) is 0 Å². The van der Waals surface area contributed by atoms with Crippen LogP contribution in [0.4, 0.5) is 0 Å². The maximum absolute atomic E-state index is 10.7. The van der Waals surface area contributed by atoms with E-state index in [9.17, 15) is 5.11 Å². The number of pyridine rings is 1. The largest absolute Gasteiger partial charge is 0.380 e. The smallest absolute Gasteiger partial charge is 0.142 e. The molecule has 2 aromatic heterocycles. The van der Waals surface area contributed by atoms with Crippen LogP contribution in [0, 0.1) is 0 Å². The van der Waals surface area contributed by atoms with E-state index in [4.69, 9.17) is 34.8 Å². The van der Waals surface area contributed by atoms with Gasteiger partial charge in [-0.15, -0.1) is 0 Å². The summed E-state index contributed by atoms with van der Waals surface area (Å²) in [6.07, 6.45) is 2.54. The van der Waals surface area contributed by atoms with Gasteiger partial charge in [0, 0.05) is 41.0 Å². The summed E-state index contributed by atoms with van der Waals surface area (Å²) in [6, 6.07) is 12.7. The number of aliphatic hydroxyl groups excluding tert-OH is 1. The lowest BCUT2D eigenvalue weighted by Gasteiger charge is -2.15. The maximum atomic E-state index is 10.7. The van der Waals surface area contributed by atoms with Crippen molar-refractivity contribution in [2.75, 3.05) is 0 Å². The number of hydrogen-bond donors (Lipinski definition) is 1. The molecule has 0 saturated heterocycles. The first-order valence-corrected chi connectivity index (χ1v) is 9.29. The highest BCUT2D eigenvalue weighted by Crippen LogP contribution is 2.41. The molecule has 0 saturated carbocycles. The maximum Gasteiger partial charge on any atom is 0.142 e. The lowest BCUT2D eigenvalue weighted by atomic mass is 10.0. The van der Waals surface area contributed by atoms with E-state index in [1.54, 1.807) is 41.2 Å². The zero-order chi connectivity index (χ0) is 19.1. The number of rotatable bonds is 3. The summed E-state index contributed by atoms with van der Waals surface area (Å²) in [7, 11) is 1.83. The number of aliphatic hydroxyl groups is 1. The number of benzene rings is 2. The number of aryl methyl sites for hydroxylation is 1. The number of halogens is 3. The van der Waals surface area contributed by atoms with Crippen molar-refractivity contribution < 1.29 is 5.11 Å². The van der Waals surface area contributed by atoms with E-state index < -0.39 is 6.10 Å². The fourth-order valence-electron chi connectivity index (χ4n) is 3.07. The van der Waals surface area contributed by atoms with Gasteiger partial charge < -0.3 is 9.67 Å². The second-order valence-electron chi connectivity index (χ2n) is 6.15. The minimum atomic E-state index is -0.884. The first kappa shape index (κ1) is 18.3. The molecular formula is C20H14Cl3N3O. The van der Waals surface area contributed by atoms with E-state index in [2.05, 4.69) is 9.97 Å². The van der Waals surface area contributed by atoms with Crippen molar-refractivity contribution in [3.05, 3.63) is 81.4 Å². The highest BCUT2D eigenvalue weighted by Gasteiger charge is 2.20. The van der Waals surface area contributed by atoms with Crippen molar-refractivity contribution in [1.82, 2.24) is 14.5 Å². The molecule has 2 heterocycles. The highest BCUT2D eigenvalue weighted by atomic mass is 35.5. The summed E-state index contributed by atoms with van der Waals surface area (Å²) in [6.45, 7) is 0. The van der Waals surface area contributed by atoms with Crippen LogP contribution in [0.15, 0.2) is 54.9 Å². The Morgan fingerprint density at radius 3 is 2.56 bits per heavy atom. The van der Waals surface area contributed by atoms with Gasteiger partial charge in [-0.1, -0.05) is 59.1 Å². The summed E-state index contributed by atoms with van der Waals surface area (Å²) in [5.41, 5.74) is 2.57. The summed E-state index contributed by atoms with van der Waals surface area (Å²) in [5.74, 6) is 0.540. The quantitative estimate of drug-likeness (QED) is 0.436. The molecule has 1 unspecified atom stereocenters. The topological polar surface area (TPSA) is 50.9 Å². The molecule has 4 aromatic rings. The molecule has 0 radical (unpaired) electrons. The van der Waals surface area contributed by atoms with Crippen molar-refractivity contribution >= 4 is 45.7 Å². The van der Waals surface area contributed by atoms with Crippen LogP contribution in [0.1, 0.15) is 17.5 Å². The van der Waals surface area contributed by atoms with Gasteiger partial charge in [-0.2, -0.15) is 0 Å². The van der Waals surface area contributed by atoms with E-state index in [1.165, 1.54) is 0 Å². The third kappa shape index (κ3) is 3.19. The third-order valence-corrected chi connectivity index (χ3v) is 5.46. The highest BCUT2D eigenvalue weighted by molar-refractivity contribution is 6.43.